The third-order valence-electron chi connectivity index (χ3n) is 3.35. The van der Waals surface area contributed by atoms with Gasteiger partial charge in [0.05, 0.1) is 19.9 Å². The van der Waals surface area contributed by atoms with Gasteiger partial charge in [-0.15, -0.1) is 0 Å². The van der Waals surface area contributed by atoms with Crippen molar-refractivity contribution >= 4 is 35.3 Å². The lowest BCUT2D eigenvalue weighted by atomic mass is 10.2. The van der Waals surface area contributed by atoms with Crippen molar-refractivity contribution in [3.05, 3.63) is 53.1 Å². The normalized spacial score (nSPS) is 10.5. The van der Waals surface area contributed by atoms with Crippen LogP contribution in [-0.2, 0) is 9.59 Å². The van der Waals surface area contributed by atoms with E-state index >= 15 is 0 Å². The molecule has 0 aliphatic heterocycles. The van der Waals surface area contributed by atoms with Crippen molar-refractivity contribution in [1.29, 1.82) is 0 Å². The van der Waals surface area contributed by atoms with E-state index in [0.717, 1.165) is 6.42 Å². The van der Waals surface area contributed by atoms with Gasteiger partial charge in [0.1, 0.15) is 11.5 Å². The molecule has 2 amide bonds. The first-order chi connectivity index (χ1) is 13.0. The number of ether oxygens (including phenoxy) is 2. The molecule has 0 spiro atoms. The van der Waals surface area contributed by atoms with Crippen LogP contribution in [-0.4, -0.2) is 31.7 Å². The van der Waals surface area contributed by atoms with Crippen molar-refractivity contribution in [1.82, 2.24) is 5.43 Å². The molecule has 2 N–H and O–H groups in total. The van der Waals surface area contributed by atoms with Gasteiger partial charge in [-0.25, -0.2) is 5.43 Å². The number of methoxy groups -OCH3 is 1. The number of nitrogens with one attached hydrogen (secondary N) is 2. The molecular weight excluding hydrogens is 370 g/mol. The maximum atomic E-state index is 11.9. The van der Waals surface area contributed by atoms with Gasteiger partial charge in [-0.05, 0) is 48.9 Å². The fraction of sp³-hybridized carbons (Fsp3) is 0.211. The summed E-state index contributed by atoms with van der Waals surface area (Å²) >= 11 is 5.92. The number of anilines is 1. The summed E-state index contributed by atoms with van der Waals surface area (Å²) in [5.74, 6) is -0.516. The molecule has 2 aromatic carbocycles. The summed E-state index contributed by atoms with van der Waals surface area (Å²) in [5.41, 5.74) is 3.19. The quantitative estimate of drug-likeness (QED) is 0.432. The van der Waals surface area contributed by atoms with E-state index in [-0.39, 0.29) is 0 Å². The number of nitrogens with zero attached hydrogens (tertiary/aromatic N) is 1. The Balaban J connectivity index is 1.90. The zero-order chi connectivity index (χ0) is 19.6. The zero-order valence-electron chi connectivity index (χ0n) is 15.0. The Morgan fingerprint density at radius 3 is 2.56 bits per heavy atom. The third kappa shape index (κ3) is 6.31. The Kier molecular flexibility index (Phi) is 7.63. The Labute approximate surface area is 162 Å². The van der Waals surface area contributed by atoms with Crippen LogP contribution in [0, 0.1) is 0 Å². The molecule has 7 nitrogen and oxygen atoms in total. The molecule has 0 radical (unpaired) electrons. The number of amides is 2. The van der Waals surface area contributed by atoms with E-state index in [0.29, 0.717) is 34.4 Å². The summed E-state index contributed by atoms with van der Waals surface area (Å²) in [6, 6.07) is 11.7. The van der Waals surface area contributed by atoms with Crippen LogP contribution in [0.1, 0.15) is 18.9 Å². The number of carbonyl (C=O) groups excluding carboxylic acids is 2. The van der Waals surface area contributed by atoms with Gasteiger partial charge in [-0.2, -0.15) is 5.10 Å². The lowest BCUT2D eigenvalue weighted by molar-refractivity contribution is -0.136. The van der Waals surface area contributed by atoms with E-state index in [9.17, 15) is 9.59 Å². The summed E-state index contributed by atoms with van der Waals surface area (Å²) in [6.45, 7) is 2.63. The molecule has 0 saturated heterocycles. The van der Waals surface area contributed by atoms with E-state index < -0.39 is 11.8 Å². The molecule has 2 rings (SSSR count). The van der Waals surface area contributed by atoms with Gasteiger partial charge in [0.2, 0.25) is 0 Å². The fourth-order valence-corrected chi connectivity index (χ4v) is 2.24. The highest BCUT2D eigenvalue weighted by Gasteiger charge is 2.13. The van der Waals surface area contributed by atoms with Crippen LogP contribution in [0.15, 0.2) is 47.6 Å². The van der Waals surface area contributed by atoms with Crippen LogP contribution in [0.2, 0.25) is 5.02 Å². The average Bonchev–Trinajstić information content (AvgIpc) is 2.67. The molecule has 0 atom stereocenters. The summed E-state index contributed by atoms with van der Waals surface area (Å²) in [5, 5.41) is 6.73. The van der Waals surface area contributed by atoms with E-state index in [1.807, 2.05) is 6.92 Å². The highest BCUT2D eigenvalue weighted by atomic mass is 35.5. The Morgan fingerprint density at radius 1 is 1.15 bits per heavy atom. The lowest BCUT2D eigenvalue weighted by Gasteiger charge is -2.07. The smallest absolute Gasteiger partial charge is 0.329 e. The second-order valence-electron chi connectivity index (χ2n) is 5.41. The Morgan fingerprint density at radius 2 is 1.89 bits per heavy atom. The van der Waals surface area contributed by atoms with Crippen molar-refractivity contribution in [2.24, 2.45) is 5.10 Å². The zero-order valence-corrected chi connectivity index (χ0v) is 15.7. The number of carbonyl (C=O) groups is 2. The molecule has 0 aromatic heterocycles. The highest BCUT2D eigenvalue weighted by Crippen LogP contribution is 2.20. The minimum Gasteiger partial charge on any atom is -0.496 e. The SMILES string of the molecule is CCCOc1ccc(NC(=O)C(=O)N/N=C\c2cc(Cl)ccc2OC)cc1. The van der Waals surface area contributed by atoms with Crippen LogP contribution >= 0.6 is 11.6 Å². The second kappa shape index (κ2) is 10.2. The number of halogens is 1. The van der Waals surface area contributed by atoms with Crippen LogP contribution < -0.4 is 20.2 Å². The van der Waals surface area contributed by atoms with E-state index in [4.69, 9.17) is 21.1 Å². The van der Waals surface area contributed by atoms with E-state index in [2.05, 4.69) is 15.8 Å². The standard InChI is InChI=1S/C19H20ClN3O4/c1-3-10-27-16-7-5-15(6-8-16)22-18(24)19(25)23-21-12-13-11-14(20)4-9-17(13)26-2/h4-9,11-12H,3,10H2,1-2H3,(H,22,24)(H,23,25)/b21-12-. The topological polar surface area (TPSA) is 89.0 Å². The highest BCUT2D eigenvalue weighted by molar-refractivity contribution is 6.39. The van der Waals surface area contributed by atoms with Crippen molar-refractivity contribution in [3.8, 4) is 11.5 Å². The van der Waals surface area contributed by atoms with Crippen molar-refractivity contribution < 1.29 is 19.1 Å². The summed E-state index contributed by atoms with van der Waals surface area (Å²) in [4.78, 5) is 23.8. The average molecular weight is 390 g/mol. The molecule has 0 fully saturated rings. The minimum absolute atomic E-state index is 0.472. The second-order valence-corrected chi connectivity index (χ2v) is 5.85. The molecule has 0 saturated carbocycles. The fourth-order valence-electron chi connectivity index (χ4n) is 2.06. The van der Waals surface area contributed by atoms with Gasteiger partial charge in [0, 0.05) is 16.3 Å². The molecule has 0 heterocycles. The number of benzene rings is 2. The summed E-state index contributed by atoms with van der Waals surface area (Å²) < 4.78 is 10.6. The van der Waals surface area contributed by atoms with E-state index in [1.165, 1.54) is 13.3 Å². The Bertz CT molecular complexity index is 822. The monoisotopic (exact) mass is 389 g/mol. The van der Waals surface area contributed by atoms with E-state index in [1.54, 1.807) is 42.5 Å². The first kappa shape index (κ1) is 20.3. The number of rotatable bonds is 7. The number of hydrazone groups is 1. The van der Waals surface area contributed by atoms with Gasteiger partial charge >= 0.3 is 11.8 Å². The molecule has 27 heavy (non-hydrogen) atoms. The van der Waals surface area contributed by atoms with Crippen LogP contribution in [0.4, 0.5) is 5.69 Å². The van der Waals surface area contributed by atoms with Gasteiger partial charge in [0.25, 0.3) is 0 Å². The first-order valence-electron chi connectivity index (χ1n) is 8.24. The van der Waals surface area contributed by atoms with Crippen molar-refractivity contribution in [3.63, 3.8) is 0 Å². The van der Waals surface area contributed by atoms with Crippen LogP contribution in [0.25, 0.3) is 0 Å². The van der Waals surface area contributed by atoms with Crippen LogP contribution in [0.3, 0.4) is 0 Å². The molecule has 2 aromatic rings. The molecule has 0 aliphatic rings. The first-order valence-corrected chi connectivity index (χ1v) is 8.62. The molecular formula is C19H20ClN3O4. The molecule has 0 bridgehead atoms. The number of hydrogen-bond donors (Lipinski definition) is 2. The van der Waals surface area contributed by atoms with Crippen LogP contribution in [0.5, 0.6) is 11.5 Å². The Hall–Kier alpha value is -3.06. The minimum atomic E-state index is -0.904. The predicted octanol–water partition coefficient (Wildman–Crippen LogP) is 3.23. The molecule has 0 unspecified atom stereocenters. The maximum absolute atomic E-state index is 11.9. The number of hydrogen-bond acceptors (Lipinski definition) is 5. The van der Waals surface area contributed by atoms with Crippen molar-refractivity contribution in [2.75, 3.05) is 19.0 Å². The largest absolute Gasteiger partial charge is 0.496 e. The third-order valence-corrected chi connectivity index (χ3v) is 3.59. The van der Waals surface area contributed by atoms with Gasteiger partial charge < -0.3 is 14.8 Å². The van der Waals surface area contributed by atoms with Gasteiger partial charge in [0.15, 0.2) is 0 Å². The molecule has 8 heteroatoms. The maximum Gasteiger partial charge on any atom is 0.329 e. The van der Waals surface area contributed by atoms with Crippen molar-refractivity contribution in [2.45, 2.75) is 13.3 Å². The molecule has 0 aliphatic carbocycles. The lowest BCUT2D eigenvalue weighted by Crippen LogP contribution is -2.32. The predicted molar refractivity (Wildman–Crippen MR) is 105 cm³/mol. The summed E-state index contributed by atoms with van der Waals surface area (Å²) in [7, 11) is 1.51. The van der Waals surface area contributed by atoms with Gasteiger partial charge in [-0.3, -0.25) is 9.59 Å². The molecule has 142 valence electrons. The summed E-state index contributed by atoms with van der Waals surface area (Å²) in [6.07, 6.45) is 2.25. The van der Waals surface area contributed by atoms with Gasteiger partial charge in [-0.1, -0.05) is 18.5 Å².